The molecule has 166 valence electrons. The number of guanidine groups is 1. The minimum Gasteiger partial charge on any atom is -0.366 e. The molecule has 1 aliphatic heterocycles. The number of anilines is 1. The molecule has 6 nitrogen and oxygen atoms in total. The number of nitrogens with zero attached hydrogens (tertiary/aromatic N) is 5. The molecule has 1 aromatic heterocycles. The predicted molar refractivity (Wildman–Crippen MR) is 128 cm³/mol. The second-order valence-electron chi connectivity index (χ2n) is 7.18. The van der Waals surface area contributed by atoms with E-state index in [0.717, 1.165) is 63.4 Å². The molecular weight excluding hydrogens is 501 g/mol. The number of benzene rings is 1. The number of halogens is 3. The molecule has 0 spiro atoms. The van der Waals surface area contributed by atoms with Gasteiger partial charge in [-0.25, -0.2) is 13.8 Å². The Morgan fingerprint density at radius 1 is 1.17 bits per heavy atom. The average molecular weight is 532 g/mol. The maximum absolute atomic E-state index is 14.0. The lowest BCUT2D eigenvalue weighted by Crippen LogP contribution is -2.52. The smallest absolute Gasteiger partial charge is 0.194 e. The lowest BCUT2D eigenvalue weighted by atomic mass is 10.2. The van der Waals surface area contributed by atoms with Crippen LogP contribution in [0.4, 0.5) is 14.5 Å². The van der Waals surface area contributed by atoms with Crippen molar-refractivity contribution in [2.75, 3.05) is 44.2 Å². The van der Waals surface area contributed by atoms with E-state index in [2.05, 4.69) is 26.7 Å². The maximum atomic E-state index is 14.0. The fourth-order valence-electron chi connectivity index (χ4n) is 3.53. The predicted octanol–water partition coefficient (Wildman–Crippen LogP) is 3.66. The van der Waals surface area contributed by atoms with E-state index in [9.17, 15) is 8.78 Å². The first-order valence-corrected chi connectivity index (χ1v) is 10.3. The second-order valence-corrected chi connectivity index (χ2v) is 7.18. The van der Waals surface area contributed by atoms with Crippen LogP contribution in [0.3, 0.4) is 0 Å². The molecule has 3 rings (SSSR count). The van der Waals surface area contributed by atoms with Gasteiger partial charge in [0.25, 0.3) is 0 Å². The van der Waals surface area contributed by atoms with E-state index in [0.29, 0.717) is 18.8 Å². The van der Waals surface area contributed by atoms with Crippen LogP contribution in [-0.4, -0.2) is 59.7 Å². The quantitative estimate of drug-likeness (QED) is 0.256. The zero-order valence-electron chi connectivity index (χ0n) is 17.7. The van der Waals surface area contributed by atoms with Crippen molar-refractivity contribution in [3.05, 3.63) is 48.1 Å². The van der Waals surface area contributed by atoms with Crippen LogP contribution >= 0.6 is 24.0 Å². The molecule has 1 aliphatic rings. The molecule has 1 N–H and O–H groups in total. The molecule has 0 aliphatic carbocycles. The second kappa shape index (κ2) is 12.1. The number of aryl methyl sites for hydroxylation is 2. The molecular formula is C21H31F2IN6. The van der Waals surface area contributed by atoms with E-state index in [1.807, 2.05) is 24.2 Å². The summed E-state index contributed by atoms with van der Waals surface area (Å²) >= 11 is 0. The molecule has 1 fully saturated rings. The van der Waals surface area contributed by atoms with Crippen LogP contribution in [0, 0.1) is 18.6 Å². The standard InChI is InChI=1S/C21H30F2N6.HI/c1-3-24-21(26-8-4-5-10-27-11-9-25-17(27)2)29-14-12-28(13-15-29)20-16-18(22)6-7-19(20)23;/h6-7,9,11,16H,3-5,8,10,12-15H2,1-2H3,(H,24,26);1H. The number of imidazole rings is 1. The number of unbranched alkanes of at least 4 members (excludes halogenated alkanes) is 1. The number of aromatic nitrogens is 2. The third kappa shape index (κ3) is 6.55. The van der Waals surface area contributed by atoms with Gasteiger partial charge in [0.1, 0.15) is 17.5 Å². The van der Waals surface area contributed by atoms with Crippen molar-refractivity contribution < 1.29 is 8.78 Å². The van der Waals surface area contributed by atoms with E-state index < -0.39 is 5.82 Å². The van der Waals surface area contributed by atoms with Crippen molar-refractivity contribution in [2.24, 2.45) is 4.99 Å². The van der Waals surface area contributed by atoms with Gasteiger partial charge in [-0.1, -0.05) is 0 Å². The lowest BCUT2D eigenvalue weighted by molar-refractivity contribution is 0.370. The largest absolute Gasteiger partial charge is 0.366 e. The summed E-state index contributed by atoms with van der Waals surface area (Å²) in [6.07, 6.45) is 5.88. The number of hydrogen-bond acceptors (Lipinski definition) is 3. The minimum absolute atomic E-state index is 0. The monoisotopic (exact) mass is 532 g/mol. The number of piperazine rings is 1. The Bertz CT molecular complexity index is 818. The van der Waals surface area contributed by atoms with E-state index >= 15 is 0 Å². The first-order chi connectivity index (χ1) is 14.1. The van der Waals surface area contributed by atoms with Gasteiger partial charge in [-0.2, -0.15) is 0 Å². The average Bonchev–Trinajstić information content (AvgIpc) is 3.14. The first kappa shape index (κ1) is 24.4. The van der Waals surface area contributed by atoms with Gasteiger partial charge in [0, 0.05) is 64.3 Å². The molecule has 0 atom stereocenters. The summed E-state index contributed by atoms with van der Waals surface area (Å²) in [5.41, 5.74) is 0.335. The van der Waals surface area contributed by atoms with E-state index in [1.54, 1.807) is 0 Å². The zero-order valence-corrected chi connectivity index (χ0v) is 20.0. The third-order valence-corrected chi connectivity index (χ3v) is 5.16. The van der Waals surface area contributed by atoms with E-state index in [4.69, 9.17) is 4.99 Å². The van der Waals surface area contributed by atoms with Crippen molar-refractivity contribution in [3.63, 3.8) is 0 Å². The summed E-state index contributed by atoms with van der Waals surface area (Å²) in [6, 6.07) is 3.61. The van der Waals surface area contributed by atoms with Gasteiger partial charge < -0.3 is 19.7 Å². The Balaban J connectivity index is 0.00000320. The number of nitrogens with one attached hydrogen (secondary N) is 1. The van der Waals surface area contributed by atoms with Crippen molar-refractivity contribution in [1.82, 2.24) is 19.8 Å². The number of aliphatic imine (C=N–C) groups is 1. The minimum atomic E-state index is -0.412. The van der Waals surface area contributed by atoms with Gasteiger partial charge in [-0.15, -0.1) is 24.0 Å². The van der Waals surface area contributed by atoms with Crippen molar-refractivity contribution in [1.29, 1.82) is 0 Å². The summed E-state index contributed by atoms with van der Waals surface area (Å²) in [4.78, 5) is 13.1. The molecule has 1 saturated heterocycles. The molecule has 0 amide bonds. The van der Waals surface area contributed by atoms with Crippen molar-refractivity contribution in [2.45, 2.75) is 33.2 Å². The Kier molecular flexibility index (Phi) is 9.80. The number of rotatable bonds is 7. The molecule has 0 bridgehead atoms. The fraction of sp³-hybridized carbons (Fsp3) is 0.524. The summed E-state index contributed by atoms with van der Waals surface area (Å²) in [5.74, 6) is 1.14. The molecule has 2 aromatic rings. The Morgan fingerprint density at radius 2 is 1.93 bits per heavy atom. The van der Waals surface area contributed by atoms with Crippen LogP contribution in [0.1, 0.15) is 25.6 Å². The van der Waals surface area contributed by atoms with Crippen LogP contribution in [0.5, 0.6) is 0 Å². The molecule has 2 heterocycles. The first-order valence-electron chi connectivity index (χ1n) is 10.3. The SMILES string of the molecule is CCNC(=NCCCCn1ccnc1C)N1CCN(c2cc(F)ccc2F)CC1.I. The van der Waals surface area contributed by atoms with Crippen LogP contribution in [-0.2, 0) is 6.54 Å². The molecule has 0 unspecified atom stereocenters. The molecule has 9 heteroatoms. The van der Waals surface area contributed by atoms with Gasteiger partial charge >= 0.3 is 0 Å². The van der Waals surface area contributed by atoms with E-state index in [-0.39, 0.29) is 29.8 Å². The highest BCUT2D eigenvalue weighted by Crippen LogP contribution is 2.22. The number of hydrogen-bond donors (Lipinski definition) is 1. The fourth-order valence-corrected chi connectivity index (χ4v) is 3.53. The van der Waals surface area contributed by atoms with Gasteiger partial charge in [0.15, 0.2) is 5.96 Å². The Hall–Kier alpha value is -1.91. The van der Waals surface area contributed by atoms with Gasteiger partial charge in [-0.05, 0) is 38.8 Å². The topological polar surface area (TPSA) is 48.7 Å². The third-order valence-electron chi connectivity index (χ3n) is 5.16. The van der Waals surface area contributed by atoms with Crippen LogP contribution in [0.2, 0.25) is 0 Å². The van der Waals surface area contributed by atoms with Gasteiger partial charge in [0.2, 0.25) is 0 Å². The van der Waals surface area contributed by atoms with Crippen LogP contribution in [0.25, 0.3) is 0 Å². The molecule has 0 saturated carbocycles. The summed E-state index contributed by atoms with van der Waals surface area (Å²) in [6.45, 7) is 9.27. The summed E-state index contributed by atoms with van der Waals surface area (Å²) < 4.78 is 29.7. The summed E-state index contributed by atoms with van der Waals surface area (Å²) in [7, 11) is 0. The molecule has 0 radical (unpaired) electrons. The molecule has 1 aromatic carbocycles. The van der Waals surface area contributed by atoms with Gasteiger partial charge in [0.05, 0.1) is 5.69 Å². The highest BCUT2D eigenvalue weighted by atomic mass is 127. The van der Waals surface area contributed by atoms with Gasteiger partial charge in [-0.3, -0.25) is 4.99 Å². The zero-order chi connectivity index (χ0) is 20.6. The Morgan fingerprint density at radius 3 is 2.60 bits per heavy atom. The normalized spacial score (nSPS) is 14.6. The van der Waals surface area contributed by atoms with Crippen LogP contribution in [0.15, 0.2) is 35.6 Å². The van der Waals surface area contributed by atoms with Crippen molar-refractivity contribution >= 4 is 35.6 Å². The highest BCUT2D eigenvalue weighted by Gasteiger charge is 2.22. The molecule has 30 heavy (non-hydrogen) atoms. The van der Waals surface area contributed by atoms with Crippen molar-refractivity contribution in [3.8, 4) is 0 Å². The maximum Gasteiger partial charge on any atom is 0.194 e. The lowest BCUT2D eigenvalue weighted by Gasteiger charge is -2.37. The highest BCUT2D eigenvalue weighted by molar-refractivity contribution is 14.0. The van der Waals surface area contributed by atoms with Crippen LogP contribution < -0.4 is 10.2 Å². The van der Waals surface area contributed by atoms with E-state index in [1.165, 1.54) is 12.1 Å². The Labute approximate surface area is 194 Å². The summed E-state index contributed by atoms with van der Waals surface area (Å²) in [5, 5.41) is 3.35.